The summed E-state index contributed by atoms with van der Waals surface area (Å²) in [6.45, 7) is -0.248. The van der Waals surface area contributed by atoms with Crippen LogP contribution in [0.1, 0.15) is 10.4 Å². The molecule has 120 valence electrons. The molecule has 2 rings (SSSR count). The van der Waals surface area contributed by atoms with Gasteiger partial charge in [0.05, 0.1) is 25.0 Å². The van der Waals surface area contributed by atoms with Gasteiger partial charge in [0.2, 0.25) is 5.91 Å². The van der Waals surface area contributed by atoms with E-state index < -0.39 is 17.6 Å². The first kappa shape index (κ1) is 16.4. The Morgan fingerprint density at radius 2 is 1.78 bits per heavy atom. The number of hydrogen-bond donors (Lipinski definition) is 3. The molecule has 0 heterocycles. The molecule has 0 aromatic heterocycles. The fraction of sp³-hybridized carbons (Fsp3) is 0.125. The molecule has 0 fully saturated rings. The number of benzene rings is 2. The smallest absolute Gasteiger partial charge is 0.255 e. The predicted octanol–water partition coefficient (Wildman–Crippen LogP) is 1.98. The minimum Gasteiger partial charge on any atom is -0.497 e. The molecule has 0 aliphatic heterocycles. The van der Waals surface area contributed by atoms with E-state index in [0.29, 0.717) is 11.3 Å². The Morgan fingerprint density at radius 3 is 2.39 bits per heavy atom. The lowest BCUT2D eigenvalue weighted by atomic mass is 10.2. The summed E-state index contributed by atoms with van der Waals surface area (Å²) >= 11 is 0. The maximum atomic E-state index is 13.3. The van der Waals surface area contributed by atoms with Gasteiger partial charge in [0.25, 0.3) is 5.91 Å². The second kappa shape index (κ2) is 7.37. The molecule has 2 aromatic carbocycles. The SMILES string of the molecule is COc1ccc(C(=O)Nc2ccc(F)cc2NC(=O)CN)cc1. The first-order valence-electron chi connectivity index (χ1n) is 6.78. The van der Waals surface area contributed by atoms with Gasteiger partial charge >= 0.3 is 0 Å². The van der Waals surface area contributed by atoms with E-state index in [1.165, 1.54) is 19.2 Å². The van der Waals surface area contributed by atoms with Gasteiger partial charge in [-0.1, -0.05) is 0 Å². The fourth-order valence-corrected chi connectivity index (χ4v) is 1.87. The van der Waals surface area contributed by atoms with Crippen LogP contribution in [0.3, 0.4) is 0 Å². The molecule has 0 spiro atoms. The Hall–Kier alpha value is -2.93. The molecular formula is C16H16FN3O3. The van der Waals surface area contributed by atoms with Crippen molar-refractivity contribution in [2.75, 3.05) is 24.3 Å². The van der Waals surface area contributed by atoms with Crippen LogP contribution in [0, 0.1) is 5.82 Å². The molecular weight excluding hydrogens is 301 g/mol. The Kier molecular flexibility index (Phi) is 5.27. The van der Waals surface area contributed by atoms with Crippen molar-refractivity contribution in [2.24, 2.45) is 5.73 Å². The zero-order valence-corrected chi connectivity index (χ0v) is 12.4. The van der Waals surface area contributed by atoms with Gasteiger partial charge in [-0.15, -0.1) is 0 Å². The second-order valence-corrected chi connectivity index (χ2v) is 4.62. The van der Waals surface area contributed by atoms with Gasteiger partial charge in [0.1, 0.15) is 11.6 Å². The molecule has 0 atom stereocenters. The standard InChI is InChI=1S/C16H16FN3O3/c1-23-12-5-2-10(3-6-12)16(22)20-13-7-4-11(17)8-14(13)19-15(21)9-18/h2-8H,9,18H2,1H3,(H,19,21)(H,20,22). The number of anilines is 2. The molecule has 0 saturated heterocycles. The Balaban J connectivity index is 2.20. The minimum absolute atomic E-state index is 0.141. The summed E-state index contributed by atoms with van der Waals surface area (Å²) in [5.74, 6) is -0.808. The van der Waals surface area contributed by atoms with E-state index in [-0.39, 0.29) is 17.9 Å². The maximum absolute atomic E-state index is 13.3. The molecule has 0 radical (unpaired) electrons. The highest BCUT2D eigenvalue weighted by Gasteiger charge is 2.12. The number of methoxy groups -OCH3 is 1. The normalized spacial score (nSPS) is 10.0. The van der Waals surface area contributed by atoms with Crippen molar-refractivity contribution in [3.05, 3.63) is 53.8 Å². The van der Waals surface area contributed by atoms with Crippen molar-refractivity contribution < 1.29 is 18.7 Å². The van der Waals surface area contributed by atoms with Gasteiger partial charge in [-0.3, -0.25) is 9.59 Å². The van der Waals surface area contributed by atoms with Crippen LogP contribution < -0.4 is 21.1 Å². The highest BCUT2D eigenvalue weighted by Crippen LogP contribution is 2.23. The van der Waals surface area contributed by atoms with E-state index >= 15 is 0 Å². The Morgan fingerprint density at radius 1 is 1.09 bits per heavy atom. The number of amides is 2. The molecule has 4 N–H and O–H groups in total. The van der Waals surface area contributed by atoms with E-state index in [9.17, 15) is 14.0 Å². The number of carbonyl (C=O) groups is 2. The summed E-state index contributed by atoms with van der Waals surface area (Å²) in [5.41, 5.74) is 6.03. The van der Waals surface area contributed by atoms with Gasteiger partial charge in [0, 0.05) is 5.56 Å². The van der Waals surface area contributed by atoms with E-state index in [0.717, 1.165) is 6.07 Å². The first-order valence-corrected chi connectivity index (χ1v) is 6.78. The first-order chi connectivity index (χ1) is 11.0. The molecule has 2 amide bonds. The third-order valence-electron chi connectivity index (χ3n) is 3.04. The van der Waals surface area contributed by atoms with Crippen molar-refractivity contribution in [3.63, 3.8) is 0 Å². The summed E-state index contributed by atoms with van der Waals surface area (Å²) < 4.78 is 18.4. The summed E-state index contributed by atoms with van der Waals surface area (Å²) in [6.07, 6.45) is 0. The Labute approximate surface area is 132 Å². The average Bonchev–Trinajstić information content (AvgIpc) is 2.57. The van der Waals surface area contributed by atoms with E-state index in [4.69, 9.17) is 10.5 Å². The summed E-state index contributed by atoms with van der Waals surface area (Å²) in [4.78, 5) is 23.6. The highest BCUT2D eigenvalue weighted by atomic mass is 19.1. The number of nitrogens with two attached hydrogens (primary N) is 1. The quantitative estimate of drug-likeness (QED) is 0.786. The van der Waals surface area contributed by atoms with Gasteiger partial charge in [-0.2, -0.15) is 0 Å². The number of nitrogens with one attached hydrogen (secondary N) is 2. The molecule has 23 heavy (non-hydrogen) atoms. The molecule has 6 nitrogen and oxygen atoms in total. The second-order valence-electron chi connectivity index (χ2n) is 4.62. The number of carbonyl (C=O) groups excluding carboxylic acids is 2. The van der Waals surface area contributed by atoms with Crippen molar-refractivity contribution in [2.45, 2.75) is 0 Å². The lowest BCUT2D eigenvalue weighted by molar-refractivity contribution is -0.114. The molecule has 0 aliphatic rings. The largest absolute Gasteiger partial charge is 0.497 e. The molecule has 2 aromatic rings. The van der Waals surface area contributed by atoms with E-state index in [2.05, 4.69) is 10.6 Å². The van der Waals surface area contributed by atoms with Gasteiger partial charge in [0.15, 0.2) is 0 Å². The van der Waals surface area contributed by atoms with Crippen LogP contribution >= 0.6 is 0 Å². The number of halogens is 1. The van der Waals surface area contributed by atoms with Crippen LogP contribution in [0.5, 0.6) is 5.75 Å². The topological polar surface area (TPSA) is 93.5 Å². The van der Waals surface area contributed by atoms with Crippen LogP contribution in [-0.4, -0.2) is 25.5 Å². The molecule has 0 saturated carbocycles. The van der Waals surface area contributed by atoms with Crippen LogP contribution in [0.15, 0.2) is 42.5 Å². The van der Waals surface area contributed by atoms with Crippen LogP contribution in [0.25, 0.3) is 0 Å². The van der Waals surface area contributed by atoms with Crippen molar-refractivity contribution in [1.82, 2.24) is 0 Å². The lowest BCUT2D eigenvalue weighted by Gasteiger charge is -2.12. The van der Waals surface area contributed by atoms with Crippen LogP contribution in [-0.2, 0) is 4.79 Å². The molecule has 7 heteroatoms. The lowest BCUT2D eigenvalue weighted by Crippen LogP contribution is -2.23. The maximum Gasteiger partial charge on any atom is 0.255 e. The summed E-state index contributed by atoms with van der Waals surface area (Å²) in [5, 5.41) is 5.06. The van der Waals surface area contributed by atoms with Crippen molar-refractivity contribution in [3.8, 4) is 5.75 Å². The highest BCUT2D eigenvalue weighted by molar-refractivity contribution is 6.07. The monoisotopic (exact) mass is 317 g/mol. The molecule has 0 aliphatic carbocycles. The third-order valence-corrected chi connectivity index (χ3v) is 3.04. The van der Waals surface area contributed by atoms with E-state index in [1.807, 2.05) is 0 Å². The third kappa shape index (κ3) is 4.27. The summed E-state index contributed by atoms with van der Waals surface area (Å²) in [7, 11) is 1.53. The molecule has 0 bridgehead atoms. The Bertz CT molecular complexity index is 717. The number of rotatable bonds is 5. The van der Waals surface area contributed by atoms with Gasteiger partial charge < -0.3 is 21.1 Å². The van der Waals surface area contributed by atoms with Gasteiger partial charge in [-0.05, 0) is 42.5 Å². The summed E-state index contributed by atoms with van der Waals surface area (Å²) in [6, 6.07) is 10.1. The minimum atomic E-state index is -0.542. The van der Waals surface area contributed by atoms with Crippen LogP contribution in [0.4, 0.5) is 15.8 Å². The van der Waals surface area contributed by atoms with Crippen molar-refractivity contribution in [1.29, 1.82) is 0 Å². The fourth-order valence-electron chi connectivity index (χ4n) is 1.87. The molecule has 0 unspecified atom stereocenters. The zero-order chi connectivity index (χ0) is 16.8. The predicted molar refractivity (Wildman–Crippen MR) is 85.0 cm³/mol. The number of hydrogen-bond acceptors (Lipinski definition) is 4. The van der Waals surface area contributed by atoms with Crippen LogP contribution in [0.2, 0.25) is 0 Å². The zero-order valence-electron chi connectivity index (χ0n) is 12.4. The van der Waals surface area contributed by atoms with E-state index in [1.54, 1.807) is 24.3 Å². The van der Waals surface area contributed by atoms with Gasteiger partial charge in [-0.25, -0.2) is 4.39 Å². The average molecular weight is 317 g/mol. The van der Waals surface area contributed by atoms with Crippen molar-refractivity contribution >= 4 is 23.2 Å². The number of ether oxygens (including phenoxy) is 1.